The van der Waals surface area contributed by atoms with E-state index in [2.05, 4.69) is 5.32 Å². The van der Waals surface area contributed by atoms with Gasteiger partial charge in [0.1, 0.15) is 6.04 Å². The molecule has 2 amide bonds. The Hall–Kier alpha value is -1.93. The van der Waals surface area contributed by atoms with Crippen LogP contribution >= 0.6 is 0 Å². The van der Waals surface area contributed by atoms with Gasteiger partial charge in [0.2, 0.25) is 21.8 Å². The zero-order chi connectivity index (χ0) is 19.3. The van der Waals surface area contributed by atoms with E-state index in [0.29, 0.717) is 13.1 Å². The summed E-state index contributed by atoms with van der Waals surface area (Å²) in [6.45, 7) is 6.33. The third kappa shape index (κ3) is 5.28. The Kier molecular flexibility index (Phi) is 6.77. The Balaban J connectivity index is 1.97. The fourth-order valence-corrected chi connectivity index (χ4v) is 4.51. The van der Waals surface area contributed by atoms with Crippen LogP contribution in [0, 0.1) is 5.92 Å². The molecular formula is C18H27N3O4S. The lowest BCUT2D eigenvalue weighted by molar-refractivity contribution is -0.138. The largest absolute Gasteiger partial charge is 0.344 e. The summed E-state index contributed by atoms with van der Waals surface area (Å²) in [5, 5.41) is 2.69. The van der Waals surface area contributed by atoms with Crippen molar-refractivity contribution in [1.82, 2.24) is 14.5 Å². The number of hydrogen-bond donors (Lipinski definition) is 1. The maximum Gasteiger partial charge on any atom is 0.245 e. The molecule has 0 aliphatic carbocycles. The number of benzene rings is 1. The molecule has 1 aliphatic heterocycles. The Morgan fingerprint density at radius 2 is 1.65 bits per heavy atom. The van der Waals surface area contributed by atoms with Gasteiger partial charge in [0.05, 0.1) is 5.75 Å². The summed E-state index contributed by atoms with van der Waals surface area (Å²) in [6, 6.07) is 8.47. The van der Waals surface area contributed by atoms with Gasteiger partial charge >= 0.3 is 0 Å². The van der Waals surface area contributed by atoms with E-state index in [1.807, 2.05) is 32.0 Å². The standard InChI is InChI=1S/C18H27N3O4S/c1-14(2)17(19-15(3)22)18(23)20-9-11-21(12-10-20)26(24,25)13-16-7-5-4-6-8-16/h4-8,14,17H,9-13H2,1-3H3,(H,19,22)/t17-/m0/s1. The van der Waals surface area contributed by atoms with Gasteiger partial charge in [-0.05, 0) is 11.5 Å². The van der Waals surface area contributed by atoms with Gasteiger partial charge < -0.3 is 10.2 Å². The molecule has 1 saturated heterocycles. The minimum absolute atomic E-state index is 0.0359. The molecule has 0 saturated carbocycles. The Morgan fingerprint density at radius 3 is 2.15 bits per heavy atom. The predicted octanol–water partition coefficient (Wildman–Crippen LogP) is 0.821. The number of nitrogens with one attached hydrogen (secondary N) is 1. The van der Waals surface area contributed by atoms with Crippen molar-refractivity contribution in [3.05, 3.63) is 35.9 Å². The highest BCUT2D eigenvalue weighted by atomic mass is 32.2. The van der Waals surface area contributed by atoms with Crippen molar-refractivity contribution in [2.24, 2.45) is 5.92 Å². The normalized spacial score (nSPS) is 17.2. The van der Waals surface area contributed by atoms with Crippen LogP contribution < -0.4 is 5.32 Å². The second-order valence-corrected chi connectivity index (χ2v) is 8.86. The molecule has 0 spiro atoms. The van der Waals surface area contributed by atoms with Crippen LogP contribution in [0.3, 0.4) is 0 Å². The molecule has 144 valence electrons. The lowest BCUT2D eigenvalue weighted by atomic mass is 10.0. The molecule has 0 unspecified atom stereocenters. The first kappa shape index (κ1) is 20.4. The molecule has 1 aromatic carbocycles. The van der Waals surface area contributed by atoms with Gasteiger partial charge in [-0.2, -0.15) is 4.31 Å². The van der Waals surface area contributed by atoms with Crippen LogP contribution in [0.15, 0.2) is 30.3 Å². The SMILES string of the molecule is CC(=O)N[C@H](C(=O)N1CCN(S(=O)(=O)Cc2ccccc2)CC1)C(C)C. The molecule has 7 nitrogen and oxygen atoms in total. The first-order chi connectivity index (χ1) is 12.2. The van der Waals surface area contributed by atoms with E-state index < -0.39 is 16.1 Å². The Bertz CT molecular complexity index is 726. The Labute approximate surface area is 155 Å². The van der Waals surface area contributed by atoms with Crippen molar-refractivity contribution in [2.75, 3.05) is 26.2 Å². The van der Waals surface area contributed by atoms with Crippen LogP contribution in [0.2, 0.25) is 0 Å². The first-order valence-corrected chi connectivity index (χ1v) is 10.4. The number of carbonyl (C=O) groups excluding carboxylic acids is 2. The van der Waals surface area contributed by atoms with Crippen molar-refractivity contribution in [3.8, 4) is 0 Å². The van der Waals surface area contributed by atoms with Gasteiger partial charge in [0.25, 0.3) is 0 Å². The second kappa shape index (κ2) is 8.64. The molecule has 1 aromatic rings. The summed E-state index contributed by atoms with van der Waals surface area (Å²) >= 11 is 0. The zero-order valence-electron chi connectivity index (χ0n) is 15.5. The van der Waals surface area contributed by atoms with E-state index in [9.17, 15) is 18.0 Å². The average molecular weight is 381 g/mol. The lowest BCUT2D eigenvalue weighted by Gasteiger charge is -2.36. The summed E-state index contributed by atoms with van der Waals surface area (Å²) in [4.78, 5) is 25.6. The van der Waals surface area contributed by atoms with Crippen molar-refractivity contribution in [1.29, 1.82) is 0 Å². The molecule has 1 aliphatic rings. The summed E-state index contributed by atoms with van der Waals surface area (Å²) in [7, 11) is -3.42. The fraction of sp³-hybridized carbons (Fsp3) is 0.556. The van der Waals surface area contributed by atoms with Crippen molar-refractivity contribution in [2.45, 2.75) is 32.6 Å². The van der Waals surface area contributed by atoms with Gasteiger partial charge in [-0.15, -0.1) is 0 Å². The van der Waals surface area contributed by atoms with E-state index in [4.69, 9.17) is 0 Å². The number of carbonyl (C=O) groups is 2. The summed E-state index contributed by atoms with van der Waals surface area (Å²) in [5.74, 6) is -0.481. The number of hydrogen-bond acceptors (Lipinski definition) is 4. The van der Waals surface area contributed by atoms with E-state index >= 15 is 0 Å². The summed E-state index contributed by atoms with van der Waals surface area (Å²) in [6.07, 6.45) is 0. The van der Waals surface area contributed by atoms with Gasteiger partial charge in [-0.25, -0.2) is 8.42 Å². The maximum atomic E-state index is 12.7. The summed E-state index contributed by atoms with van der Waals surface area (Å²) in [5.41, 5.74) is 0.747. The van der Waals surface area contributed by atoms with E-state index in [-0.39, 0.29) is 36.6 Å². The van der Waals surface area contributed by atoms with E-state index in [1.165, 1.54) is 11.2 Å². The van der Waals surface area contributed by atoms with Crippen molar-refractivity contribution >= 4 is 21.8 Å². The van der Waals surface area contributed by atoms with Gasteiger partial charge in [0.15, 0.2) is 0 Å². The molecule has 0 aromatic heterocycles. The molecule has 0 radical (unpaired) electrons. The van der Waals surface area contributed by atoms with Crippen LogP contribution in [-0.2, 0) is 25.4 Å². The van der Waals surface area contributed by atoms with Gasteiger partial charge in [-0.3, -0.25) is 9.59 Å². The van der Waals surface area contributed by atoms with E-state index in [0.717, 1.165) is 5.56 Å². The highest BCUT2D eigenvalue weighted by Gasteiger charge is 2.33. The fourth-order valence-electron chi connectivity index (χ4n) is 2.99. The Morgan fingerprint density at radius 1 is 1.08 bits per heavy atom. The molecule has 2 rings (SSSR count). The van der Waals surface area contributed by atoms with Crippen LogP contribution in [0.5, 0.6) is 0 Å². The van der Waals surface area contributed by atoms with Crippen LogP contribution in [0.4, 0.5) is 0 Å². The van der Waals surface area contributed by atoms with Gasteiger partial charge in [0, 0.05) is 33.1 Å². The molecule has 26 heavy (non-hydrogen) atoms. The quantitative estimate of drug-likeness (QED) is 0.790. The number of rotatable bonds is 6. The summed E-state index contributed by atoms with van der Waals surface area (Å²) < 4.78 is 26.6. The van der Waals surface area contributed by atoms with Crippen molar-refractivity contribution in [3.63, 3.8) is 0 Å². The van der Waals surface area contributed by atoms with Gasteiger partial charge in [-0.1, -0.05) is 44.2 Å². The number of piperazine rings is 1. The van der Waals surface area contributed by atoms with Crippen LogP contribution in [0.1, 0.15) is 26.3 Å². The maximum absolute atomic E-state index is 12.7. The molecule has 1 fully saturated rings. The molecule has 1 N–H and O–H groups in total. The smallest absolute Gasteiger partial charge is 0.245 e. The molecule has 1 heterocycles. The topological polar surface area (TPSA) is 86.8 Å². The van der Waals surface area contributed by atoms with Crippen LogP contribution in [-0.4, -0.2) is 61.7 Å². The predicted molar refractivity (Wildman–Crippen MR) is 99.7 cm³/mol. The number of nitrogens with zero attached hydrogens (tertiary/aromatic N) is 2. The zero-order valence-corrected chi connectivity index (χ0v) is 16.3. The third-order valence-corrected chi connectivity index (χ3v) is 6.28. The highest BCUT2D eigenvalue weighted by Crippen LogP contribution is 2.15. The van der Waals surface area contributed by atoms with E-state index in [1.54, 1.807) is 17.0 Å². The second-order valence-electron chi connectivity index (χ2n) is 6.89. The molecule has 8 heteroatoms. The monoisotopic (exact) mass is 381 g/mol. The van der Waals surface area contributed by atoms with Crippen molar-refractivity contribution < 1.29 is 18.0 Å². The first-order valence-electron chi connectivity index (χ1n) is 8.78. The number of sulfonamides is 1. The molecule has 0 bridgehead atoms. The number of amides is 2. The third-order valence-electron chi connectivity index (χ3n) is 4.43. The highest BCUT2D eigenvalue weighted by molar-refractivity contribution is 7.88. The molecular weight excluding hydrogens is 354 g/mol. The average Bonchev–Trinajstić information content (AvgIpc) is 2.59. The molecule has 1 atom stereocenters. The minimum atomic E-state index is -3.42. The van der Waals surface area contributed by atoms with Crippen LogP contribution in [0.25, 0.3) is 0 Å². The minimum Gasteiger partial charge on any atom is -0.344 e. The lowest BCUT2D eigenvalue weighted by Crippen LogP contribution is -2.57.